The summed E-state index contributed by atoms with van der Waals surface area (Å²) in [5.41, 5.74) is -0.354. The molecule has 0 aliphatic heterocycles. The smallest absolute Gasteiger partial charge is 0.127 e. The Bertz CT molecular complexity index is 194. The van der Waals surface area contributed by atoms with Gasteiger partial charge in [-0.1, -0.05) is 19.8 Å². The van der Waals surface area contributed by atoms with Gasteiger partial charge in [-0.2, -0.15) is 5.26 Å². The minimum atomic E-state index is -0.354. The van der Waals surface area contributed by atoms with Gasteiger partial charge in [-0.15, -0.1) is 0 Å². The highest BCUT2D eigenvalue weighted by atomic mass is 16.1. The Balaban J connectivity index is 2.74. The first kappa shape index (κ1) is 8.26. The number of rotatable bonds is 1. The molecule has 2 unspecified atom stereocenters. The van der Waals surface area contributed by atoms with E-state index in [-0.39, 0.29) is 11.3 Å². The van der Waals surface area contributed by atoms with Crippen LogP contribution in [0.1, 0.15) is 32.6 Å². The first-order valence-electron chi connectivity index (χ1n) is 4.09. The summed E-state index contributed by atoms with van der Waals surface area (Å²) in [4.78, 5) is 10.7. The summed E-state index contributed by atoms with van der Waals surface area (Å²) < 4.78 is 0. The Morgan fingerprint density at radius 1 is 1.64 bits per heavy atom. The fraction of sp³-hybridized carbons (Fsp3) is 0.778. The molecule has 0 heterocycles. The van der Waals surface area contributed by atoms with Crippen molar-refractivity contribution < 1.29 is 4.79 Å². The molecule has 0 aromatic carbocycles. The van der Waals surface area contributed by atoms with E-state index >= 15 is 0 Å². The fourth-order valence-electron chi connectivity index (χ4n) is 1.71. The maximum absolute atomic E-state index is 10.7. The lowest BCUT2D eigenvalue weighted by atomic mass is 9.69. The highest BCUT2D eigenvalue weighted by molar-refractivity contribution is 5.60. The highest BCUT2D eigenvalue weighted by Crippen LogP contribution is 2.38. The second-order valence-electron chi connectivity index (χ2n) is 3.55. The predicted molar refractivity (Wildman–Crippen MR) is 41.7 cm³/mol. The van der Waals surface area contributed by atoms with E-state index < -0.39 is 0 Å². The van der Waals surface area contributed by atoms with Crippen molar-refractivity contribution in [2.24, 2.45) is 11.3 Å². The van der Waals surface area contributed by atoms with Gasteiger partial charge in [-0.25, -0.2) is 0 Å². The van der Waals surface area contributed by atoms with Gasteiger partial charge in [0.25, 0.3) is 0 Å². The Morgan fingerprint density at radius 2 is 2.36 bits per heavy atom. The third-order valence-electron chi connectivity index (χ3n) is 2.68. The maximum atomic E-state index is 10.7. The zero-order chi connectivity index (χ0) is 8.32. The standard InChI is InChI=1S/C9H13NO/c1-9(7-11)5-3-2-4-8(9)6-10/h7-8H,2-5H2,1H3. The highest BCUT2D eigenvalue weighted by Gasteiger charge is 2.36. The third-order valence-corrected chi connectivity index (χ3v) is 2.68. The van der Waals surface area contributed by atoms with Crippen molar-refractivity contribution in [1.29, 1.82) is 5.26 Å². The number of hydrogen-bond acceptors (Lipinski definition) is 2. The largest absolute Gasteiger partial charge is 0.303 e. The molecule has 0 N–H and O–H groups in total. The number of carbonyl (C=O) groups is 1. The monoisotopic (exact) mass is 151 g/mol. The van der Waals surface area contributed by atoms with Crippen LogP contribution in [0.25, 0.3) is 0 Å². The lowest BCUT2D eigenvalue weighted by Gasteiger charge is -2.32. The molecule has 1 aliphatic carbocycles. The van der Waals surface area contributed by atoms with Gasteiger partial charge < -0.3 is 4.79 Å². The minimum absolute atomic E-state index is 0.0475. The molecule has 0 bridgehead atoms. The zero-order valence-electron chi connectivity index (χ0n) is 6.84. The molecule has 11 heavy (non-hydrogen) atoms. The Hall–Kier alpha value is -0.840. The summed E-state index contributed by atoms with van der Waals surface area (Å²) in [6.45, 7) is 1.90. The van der Waals surface area contributed by atoms with E-state index in [0.29, 0.717) is 0 Å². The predicted octanol–water partition coefficient (Wildman–Crippen LogP) is 1.91. The number of hydrogen-bond donors (Lipinski definition) is 0. The topological polar surface area (TPSA) is 40.9 Å². The molecule has 0 aromatic rings. The molecule has 1 saturated carbocycles. The molecule has 2 atom stereocenters. The van der Waals surface area contributed by atoms with E-state index in [2.05, 4.69) is 6.07 Å². The van der Waals surface area contributed by atoms with Gasteiger partial charge in [0, 0.05) is 5.41 Å². The van der Waals surface area contributed by atoms with E-state index in [1.807, 2.05) is 6.92 Å². The van der Waals surface area contributed by atoms with Crippen LogP contribution in [0.3, 0.4) is 0 Å². The Morgan fingerprint density at radius 3 is 2.82 bits per heavy atom. The van der Waals surface area contributed by atoms with Crippen molar-refractivity contribution in [1.82, 2.24) is 0 Å². The van der Waals surface area contributed by atoms with Gasteiger partial charge in [-0.05, 0) is 12.8 Å². The van der Waals surface area contributed by atoms with Gasteiger partial charge >= 0.3 is 0 Å². The van der Waals surface area contributed by atoms with Crippen LogP contribution in [0, 0.1) is 22.7 Å². The lowest BCUT2D eigenvalue weighted by Crippen LogP contribution is -2.31. The molecule has 0 radical (unpaired) electrons. The summed E-state index contributed by atoms with van der Waals surface area (Å²) in [5, 5.41) is 8.75. The van der Waals surface area contributed by atoms with E-state index in [9.17, 15) is 4.79 Å². The zero-order valence-corrected chi connectivity index (χ0v) is 6.84. The molecule has 0 spiro atoms. The quantitative estimate of drug-likeness (QED) is 0.537. The van der Waals surface area contributed by atoms with E-state index in [4.69, 9.17) is 5.26 Å². The van der Waals surface area contributed by atoms with Crippen LogP contribution in [0.4, 0.5) is 0 Å². The second-order valence-corrected chi connectivity index (χ2v) is 3.55. The van der Waals surface area contributed by atoms with Crippen molar-refractivity contribution in [3.05, 3.63) is 0 Å². The van der Waals surface area contributed by atoms with Crippen molar-refractivity contribution in [2.75, 3.05) is 0 Å². The molecule has 0 aromatic heterocycles. The normalized spacial score (nSPS) is 37.6. The Labute approximate surface area is 67.2 Å². The molecule has 0 saturated heterocycles. The molecule has 1 rings (SSSR count). The first-order chi connectivity index (χ1) is 5.23. The molecular weight excluding hydrogens is 138 g/mol. The SMILES string of the molecule is CC1(C=O)CCCCC1C#N. The van der Waals surface area contributed by atoms with Crippen molar-refractivity contribution in [3.63, 3.8) is 0 Å². The van der Waals surface area contributed by atoms with Gasteiger partial charge in [0.05, 0.1) is 12.0 Å². The average Bonchev–Trinajstić information content (AvgIpc) is 2.05. The van der Waals surface area contributed by atoms with Crippen molar-refractivity contribution >= 4 is 6.29 Å². The number of nitriles is 1. The molecule has 0 amide bonds. The van der Waals surface area contributed by atoms with Crippen LogP contribution in [0.2, 0.25) is 0 Å². The molecule has 2 heteroatoms. The van der Waals surface area contributed by atoms with Crippen LogP contribution < -0.4 is 0 Å². The van der Waals surface area contributed by atoms with Crippen LogP contribution >= 0.6 is 0 Å². The number of aldehydes is 1. The van der Waals surface area contributed by atoms with Gasteiger partial charge in [0.2, 0.25) is 0 Å². The summed E-state index contributed by atoms with van der Waals surface area (Å²) >= 11 is 0. The molecule has 2 nitrogen and oxygen atoms in total. The maximum Gasteiger partial charge on any atom is 0.127 e. The minimum Gasteiger partial charge on any atom is -0.303 e. The van der Waals surface area contributed by atoms with Crippen LogP contribution in [0.5, 0.6) is 0 Å². The van der Waals surface area contributed by atoms with Gasteiger partial charge in [0.1, 0.15) is 6.29 Å². The summed E-state index contributed by atoms with van der Waals surface area (Å²) in [5.74, 6) is -0.0475. The van der Waals surface area contributed by atoms with E-state index in [1.165, 1.54) is 0 Å². The summed E-state index contributed by atoms with van der Waals surface area (Å²) in [7, 11) is 0. The first-order valence-corrected chi connectivity index (χ1v) is 4.09. The van der Waals surface area contributed by atoms with Crippen LogP contribution in [0.15, 0.2) is 0 Å². The van der Waals surface area contributed by atoms with Gasteiger partial charge in [0.15, 0.2) is 0 Å². The fourth-order valence-corrected chi connectivity index (χ4v) is 1.71. The van der Waals surface area contributed by atoms with Gasteiger partial charge in [-0.3, -0.25) is 0 Å². The van der Waals surface area contributed by atoms with Crippen LogP contribution in [-0.4, -0.2) is 6.29 Å². The number of nitrogens with zero attached hydrogens (tertiary/aromatic N) is 1. The third kappa shape index (κ3) is 1.42. The summed E-state index contributed by atoms with van der Waals surface area (Å²) in [6.07, 6.45) is 4.93. The number of carbonyl (C=O) groups excluding carboxylic acids is 1. The van der Waals surface area contributed by atoms with E-state index in [1.54, 1.807) is 0 Å². The lowest BCUT2D eigenvalue weighted by molar-refractivity contribution is -0.118. The molecule has 1 aliphatic rings. The molecule has 1 fully saturated rings. The van der Waals surface area contributed by atoms with Crippen LogP contribution in [-0.2, 0) is 4.79 Å². The molecular formula is C9H13NO. The summed E-state index contributed by atoms with van der Waals surface area (Å²) in [6, 6.07) is 2.21. The molecule has 60 valence electrons. The van der Waals surface area contributed by atoms with Crippen molar-refractivity contribution in [3.8, 4) is 6.07 Å². The van der Waals surface area contributed by atoms with Crippen molar-refractivity contribution in [2.45, 2.75) is 32.6 Å². The van der Waals surface area contributed by atoms with E-state index in [0.717, 1.165) is 32.0 Å². The average molecular weight is 151 g/mol. The second kappa shape index (κ2) is 3.04. The Kier molecular flexibility index (Phi) is 2.28.